The molecule has 0 bridgehead atoms. The number of amides is 1. The first kappa shape index (κ1) is 15.4. The Hall–Kier alpha value is -1.99. The first-order chi connectivity index (χ1) is 9.56. The lowest BCUT2D eigenvalue weighted by Gasteiger charge is -2.21. The SMILES string of the molecule is CC(C)(C)OC(=O)NC1COc2cc(C(F)(F)F)ncc21. The number of alkyl halides is 3. The van der Waals surface area contributed by atoms with Gasteiger partial charge >= 0.3 is 12.3 Å². The van der Waals surface area contributed by atoms with Gasteiger partial charge in [-0.1, -0.05) is 0 Å². The summed E-state index contributed by atoms with van der Waals surface area (Å²) in [4.78, 5) is 15.0. The summed E-state index contributed by atoms with van der Waals surface area (Å²) in [6.07, 6.45) is -4.13. The summed E-state index contributed by atoms with van der Waals surface area (Å²) in [5, 5.41) is 2.54. The van der Waals surface area contributed by atoms with Crippen LogP contribution in [0.25, 0.3) is 0 Å². The van der Waals surface area contributed by atoms with E-state index in [2.05, 4.69) is 10.3 Å². The highest BCUT2D eigenvalue weighted by Crippen LogP contribution is 2.36. The standard InChI is InChI=1S/C13H15F3N2O3/c1-12(2,3)21-11(19)18-8-6-20-9-4-10(13(14,15)16)17-5-7(8)9/h4-5,8H,6H2,1-3H3,(H,18,19). The number of hydrogen-bond acceptors (Lipinski definition) is 4. The van der Waals surface area contributed by atoms with Crippen LogP contribution in [0.1, 0.15) is 38.1 Å². The smallest absolute Gasteiger partial charge is 0.433 e. The third-order valence-electron chi connectivity index (χ3n) is 2.66. The van der Waals surface area contributed by atoms with Crippen LogP contribution in [0.4, 0.5) is 18.0 Å². The van der Waals surface area contributed by atoms with Crippen LogP contribution in [-0.2, 0) is 10.9 Å². The zero-order chi connectivity index (χ0) is 15.8. The fourth-order valence-corrected chi connectivity index (χ4v) is 1.82. The maximum atomic E-state index is 12.5. The highest BCUT2D eigenvalue weighted by Gasteiger charge is 2.36. The van der Waals surface area contributed by atoms with E-state index in [0.29, 0.717) is 5.56 Å². The molecular formula is C13H15F3N2O3. The fraction of sp³-hybridized carbons (Fsp3) is 0.538. The molecule has 116 valence electrons. The van der Waals surface area contributed by atoms with Crippen LogP contribution in [0.15, 0.2) is 12.3 Å². The van der Waals surface area contributed by atoms with Gasteiger partial charge in [-0.15, -0.1) is 0 Å². The van der Waals surface area contributed by atoms with E-state index in [1.165, 1.54) is 0 Å². The van der Waals surface area contributed by atoms with E-state index in [9.17, 15) is 18.0 Å². The van der Waals surface area contributed by atoms with Gasteiger partial charge in [-0.2, -0.15) is 13.2 Å². The van der Waals surface area contributed by atoms with Crippen molar-refractivity contribution in [3.05, 3.63) is 23.5 Å². The van der Waals surface area contributed by atoms with Gasteiger partial charge in [0.2, 0.25) is 0 Å². The molecule has 1 atom stereocenters. The lowest BCUT2D eigenvalue weighted by atomic mass is 10.1. The van der Waals surface area contributed by atoms with Gasteiger partial charge in [0, 0.05) is 17.8 Å². The molecule has 1 aromatic heterocycles. The Bertz CT molecular complexity index is 553. The van der Waals surface area contributed by atoms with Crippen LogP contribution in [0, 0.1) is 0 Å². The predicted molar refractivity (Wildman–Crippen MR) is 66.8 cm³/mol. The van der Waals surface area contributed by atoms with E-state index in [-0.39, 0.29) is 12.4 Å². The number of carbonyl (C=O) groups excluding carboxylic acids is 1. The Labute approximate surface area is 119 Å². The van der Waals surface area contributed by atoms with E-state index in [1.807, 2.05) is 0 Å². The number of fused-ring (bicyclic) bond motifs is 1. The highest BCUT2D eigenvalue weighted by molar-refractivity contribution is 5.69. The van der Waals surface area contributed by atoms with Crippen LogP contribution < -0.4 is 10.1 Å². The first-order valence-electron chi connectivity index (χ1n) is 6.26. The van der Waals surface area contributed by atoms with Crippen molar-refractivity contribution >= 4 is 6.09 Å². The van der Waals surface area contributed by atoms with Crippen LogP contribution >= 0.6 is 0 Å². The average Bonchev–Trinajstić information content (AvgIpc) is 2.68. The zero-order valence-electron chi connectivity index (χ0n) is 11.7. The number of pyridine rings is 1. The molecule has 0 saturated carbocycles. The molecule has 0 fully saturated rings. The largest absolute Gasteiger partial charge is 0.491 e. The Morgan fingerprint density at radius 1 is 1.43 bits per heavy atom. The van der Waals surface area contributed by atoms with Crippen molar-refractivity contribution in [3.63, 3.8) is 0 Å². The van der Waals surface area contributed by atoms with Crippen molar-refractivity contribution in [2.75, 3.05) is 6.61 Å². The summed E-state index contributed by atoms with van der Waals surface area (Å²) in [5.74, 6) is 0.0679. The van der Waals surface area contributed by atoms with Gasteiger partial charge in [0.15, 0.2) is 0 Å². The summed E-state index contributed by atoms with van der Waals surface area (Å²) in [5.41, 5.74) is -1.29. The Morgan fingerprint density at radius 2 is 2.10 bits per heavy atom. The summed E-state index contributed by atoms with van der Waals surface area (Å²) in [6, 6.07) is 0.246. The lowest BCUT2D eigenvalue weighted by Crippen LogP contribution is -2.35. The maximum absolute atomic E-state index is 12.5. The second kappa shape index (κ2) is 5.09. The molecule has 1 unspecified atom stereocenters. The number of nitrogens with zero attached hydrogens (tertiary/aromatic N) is 1. The summed E-state index contributed by atoms with van der Waals surface area (Å²) >= 11 is 0. The first-order valence-corrected chi connectivity index (χ1v) is 6.26. The quantitative estimate of drug-likeness (QED) is 0.866. The summed E-state index contributed by atoms with van der Waals surface area (Å²) < 4.78 is 47.9. The predicted octanol–water partition coefficient (Wildman–Crippen LogP) is 3.06. The molecule has 1 N–H and O–H groups in total. The number of alkyl carbamates (subject to hydrolysis) is 1. The van der Waals surface area contributed by atoms with Gasteiger partial charge in [-0.05, 0) is 20.8 Å². The van der Waals surface area contributed by atoms with Crippen molar-refractivity contribution in [1.82, 2.24) is 10.3 Å². The molecule has 5 nitrogen and oxygen atoms in total. The fourth-order valence-electron chi connectivity index (χ4n) is 1.82. The van der Waals surface area contributed by atoms with E-state index < -0.39 is 29.6 Å². The third kappa shape index (κ3) is 3.77. The molecule has 2 rings (SSSR count). The maximum Gasteiger partial charge on any atom is 0.433 e. The molecule has 21 heavy (non-hydrogen) atoms. The molecule has 1 aliphatic rings. The summed E-state index contributed by atoms with van der Waals surface area (Å²) in [7, 11) is 0. The van der Waals surface area contributed by atoms with E-state index in [0.717, 1.165) is 12.3 Å². The minimum Gasteiger partial charge on any atom is -0.491 e. The van der Waals surface area contributed by atoms with Crippen molar-refractivity contribution in [2.45, 2.75) is 38.6 Å². The minimum atomic E-state index is -4.53. The number of rotatable bonds is 1. The topological polar surface area (TPSA) is 60.5 Å². The van der Waals surface area contributed by atoms with Crippen molar-refractivity contribution in [3.8, 4) is 5.75 Å². The monoisotopic (exact) mass is 304 g/mol. The molecule has 1 aromatic rings. The third-order valence-corrected chi connectivity index (χ3v) is 2.66. The van der Waals surface area contributed by atoms with Crippen molar-refractivity contribution in [1.29, 1.82) is 0 Å². The number of nitrogens with one attached hydrogen (secondary N) is 1. The molecule has 0 radical (unpaired) electrons. The number of aromatic nitrogens is 1. The van der Waals surface area contributed by atoms with Crippen LogP contribution in [0.2, 0.25) is 0 Å². The van der Waals surface area contributed by atoms with Gasteiger partial charge < -0.3 is 14.8 Å². The van der Waals surface area contributed by atoms with Gasteiger partial charge in [0.25, 0.3) is 0 Å². The van der Waals surface area contributed by atoms with Gasteiger partial charge in [-0.25, -0.2) is 4.79 Å². The van der Waals surface area contributed by atoms with Gasteiger partial charge in [0.05, 0.1) is 6.04 Å². The van der Waals surface area contributed by atoms with Crippen LogP contribution in [-0.4, -0.2) is 23.3 Å². The molecular weight excluding hydrogens is 289 g/mol. The normalized spacial score (nSPS) is 17.9. The molecule has 1 aliphatic heterocycles. The second-order valence-electron chi connectivity index (χ2n) is 5.61. The molecule has 0 aliphatic carbocycles. The van der Waals surface area contributed by atoms with E-state index in [1.54, 1.807) is 20.8 Å². The molecule has 0 saturated heterocycles. The summed E-state index contributed by atoms with van der Waals surface area (Å²) in [6.45, 7) is 5.17. The average molecular weight is 304 g/mol. The van der Waals surface area contributed by atoms with Crippen LogP contribution in [0.3, 0.4) is 0 Å². The van der Waals surface area contributed by atoms with E-state index in [4.69, 9.17) is 9.47 Å². The minimum absolute atomic E-state index is 0.0393. The molecule has 0 spiro atoms. The van der Waals surface area contributed by atoms with Gasteiger partial charge in [-0.3, -0.25) is 4.98 Å². The number of carbonyl (C=O) groups is 1. The Balaban J connectivity index is 2.11. The number of ether oxygens (including phenoxy) is 2. The van der Waals surface area contributed by atoms with Gasteiger partial charge in [0.1, 0.15) is 23.7 Å². The Kier molecular flexibility index (Phi) is 3.73. The van der Waals surface area contributed by atoms with Crippen LogP contribution in [0.5, 0.6) is 5.75 Å². The Morgan fingerprint density at radius 3 is 2.67 bits per heavy atom. The number of halogens is 3. The van der Waals surface area contributed by atoms with Crippen molar-refractivity contribution in [2.24, 2.45) is 0 Å². The molecule has 0 aromatic carbocycles. The molecule has 1 amide bonds. The van der Waals surface area contributed by atoms with E-state index >= 15 is 0 Å². The molecule has 8 heteroatoms. The highest BCUT2D eigenvalue weighted by atomic mass is 19.4. The zero-order valence-corrected chi connectivity index (χ0v) is 11.7. The number of hydrogen-bond donors (Lipinski definition) is 1. The molecule has 2 heterocycles. The second-order valence-corrected chi connectivity index (χ2v) is 5.61. The lowest BCUT2D eigenvalue weighted by molar-refractivity contribution is -0.141. The van der Waals surface area contributed by atoms with Crippen molar-refractivity contribution < 1.29 is 27.4 Å².